The van der Waals surface area contributed by atoms with E-state index in [1.54, 1.807) is 0 Å². The van der Waals surface area contributed by atoms with Gasteiger partial charge in [-0.05, 0) is 43.4 Å². The number of nitrogens with zero attached hydrogens (tertiary/aromatic N) is 4. The molecule has 2 saturated heterocycles. The molecule has 0 amide bonds. The number of halogens is 3. The number of likely N-dealkylation sites (tertiary alicyclic amines) is 1. The number of rotatable bonds is 5. The molecule has 0 aromatic carbocycles. The molecule has 0 bridgehead atoms. The maximum absolute atomic E-state index is 10.6. The van der Waals surface area contributed by atoms with Gasteiger partial charge in [0.15, 0.2) is 0 Å². The molecule has 0 spiro atoms. The van der Waals surface area contributed by atoms with Gasteiger partial charge in [0.05, 0.1) is 19.1 Å². The first kappa shape index (κ1) is 22.7. The minimum Gasteiger partial charge on any atom is -0.475 e. The number of carboxylic acid groups (broad SMARTS) is 1. The van der Waals surface area contributed by atoms with Crippen LogP contribution in [0.15, 0.2) is 28.9 Å². The van der Waals surface area contributed by atoms with Crippen LogP contribution in [-0.2, 0) is 22.5 Å². The molecule has 11 heteroatoms. The highest BCUT2D eigenvalue weighted by molar-refractivity contribution is 5.73. The standard InChI is InChI=1S/C19H24N4O2.C2HF3O2/c1-2-13(9-20-6-1)10-23-7-5-16-15(11-23)12-24-17(16)8-18-21-22-19(25-18)14-3-4-14;3-2(4,5)1(6)7/h1-2,6,9,14-17H,3-5,7-8,10-12H2;(H,6,7)/t15-,16-,17+;/m1./s1. The number of piperidine rings is 1. The average molecular weight is 454 g/mol. The summed E-state index contributed by atoms with van der Waals surface area (Å²) in [5, 5.41) is 15.6. The monoisotopic (exact) mass is 454 g/mol. The van der Waals surface area contributed by atoms with Gasteiger partial charge in [-0.15, -0.1) is 10.2 Å². The first-order valence-corrected chi connectivity index (χ1v) is 10.6. The second-order valence-corrected chi connectivity index (χ2v) is 8.50. The van der Waals surface area contributed by atoms with Crippen molar-refractivity contribution in [3.63, 3.8) is 0 Å². The molecule has 4 heterocycles. The van der Waals surface area contributed by atoms with Crippen LogP contribution in [0.1, 0.15) is 42.5 Å². The van der Waals surface area contributed by atoms with Crippen molar-refractivity contribution in [3.8, 4) is 0 Å². The Hall–Kier alpha value is -2.53. The summed E-state index contributed by atoms with van der Waals surface area (Å²) in [5.41, 5.74) is 1.29. The fraction of sp³-hybridized carbons (Fsp3) is 0.619. The first-order chi connectivity index (χ1) is 15.3. The van der Waals surface area contributed by atoms with Crippen LogP contribution in [0, 0.1) is 11.8 Å². The Balaban J connectivity index is 0.000000307. The summed E-state index contributed by atoms with van der Waals surface area (Å²) >= 11 is 0. The number of ether oxygens (including phenoxy) is 1. The summed E-state index contributed by atoms with van der Waals surface area (Å²) in [7, 11) is 0. The van der Waals surface area contributed by atoms with Gasteiger partial charge in [-0.1, -0.05) is 6.07 Å². The molecule has 3 fully saturated rings. The number of carbonyl (C=O) groups is 1. The lowest BCUT2D eigenvalue weighted by Crippen LogP contribution is -2.41. The summed E-state index contributed by atoms with van der Waals surface area (Å²) in [6.45, 7) is 4.05. The first-order valence-electron chi connectivity index (χ1n) is 10.6. The lowest BCUT2D eigenvalue weighted by atomic mass is 9.83. The van der Waals surface area contributed by atoms with Gasteiger partial charge in [-0.2, -0.15) is 13.2 Å². The Morgan fingerprint density at radius 1 is 1.25 bits per heavy atom. The van der Waals surface area contributed by atoms with Crippen LogP contribution in [0.25, 0.3) is 0 Å². The van der Waals surface area contributed by atoms with E-state index in [4.69, 9.17) is 19.1 Å². The van der Waals surface area contributed by atoms with Gasteiger partial charge < -0.3 is 14.3 Å². The Bertz CT molecular complexity index is 904. The second-order valence-electron chi connectivity index (χ2n) is 8.50. The molecule has 1 aliphatic carbocycles. The smallest absolute Gasteiger partial charge is 0.475 e. The Kier molecular flexibility index (Phi) is 6.75. The van der Waals surface area contributed by atoms with Crippen molar-refractivity contribution in [1.29, 1.82) is 0 Å². The molecule has 0 radical (unpaired) electrons. The molecule has 3 aliphatic rings. The number of hydrogen-bond donors (Lipinski definition) is 1. The number of pyridine rings is 1. The van der Waals surface area contributed by atoms with Crippen LogP contribution in [0.2, 0.25) is 0 Å². The number of alkyl halides is 3. The zero-order valence-corrected chi connectivity index (χ0v) is 17.4. The summed E-state index contributed by atoms with van der Waals surface area (Å²) in [4.78, 5) is 15.6. The number of aromatic nitrogens is 3. The van der Waals surface area contributed by atoms with Crippen molar-refractivity contribution in [3.05, 3.63) is 41.9 Å². The zero-order valence-electron chi connectivity index (χ0n) is 17.4. The summed E-state index contributed by atoms with van der Waals surface area (Å²) in [6.07, 6.45) is 3.28. The average Bonchev–Trinajstić information content (AvgIpc) is 3.38. The number of carboxylic acids is 1. The van der Waals surface area contributed by atoms with E-state index in [1.165, 1.54) is 24.8 Å². The summed E-state index contributed by atoms with van der Waals surface area (Å²) in [6, 6.07) is 4.16. The van der Waals surface area contributed by atoms with Crippen molar-refractivity contribution in [2.75, 3.05) is 19.7 Å². The van der Waals surface area contributed by atoms with Crippen LogP contribution in [0.4, 0.5) is 13.2 Å². The predicted molar refractivity (Wildman–Crippen MR) is 105 cm³/mol. The summed E-state index contributed by atoms with van der Waals surface area (Å²) in [5.74, 6) is 0.575. The molecular formula is C21H25F3N4O4. The summed E-state index contributed by atoms with van der Waals surface area (Å²) < 4.78 is 43.7. The van der Waals surface area contributed by atoms with Gasteiger partial charge in [0, 0.05) is 37.3 Å². The van der Waals surface area contributed by atoms with Gasteiger partial charge >= 0.3 is 12.1 Å². The highest BCUT2D eigenvalue weighted by atomic mass is 19.4. The SMILES string of the molecule is O=C(O)C(F)(F)F.c1cncc(CN2CC[C@@H]3[C@@H](CO[C@H]3Cc3nnc(C4CC4)o3)C2)c1. The Morgan fingerprint density at radius 3 is 2.69 bits per heavy atom. The molecule has 3 atom stereocenters. The molecule has 1 N–H and O–H groups in total. The van der Waals surface area contributed by atoms with Crippen molar-refractivity contribution in [2.24, 2.45) is 11.8 Å². The Labute approximate surface area is 182 Å². The maximum atomic E-state index is 10.6. The van der Waals surface area contributed by atoms with Crippen molar-refractivity contribution in [2.45, 2.75) is 50.4 Å². The van der Waals surface area contributed by atoms with E-state index < -0.39 is 12.1 Å². The van der Waals surface area contributed by atoms with E-state index in [-0.39, 0.29) is 6.10 Å². The van der Waals surface area contributed by atoms with Gasteiger partial charge in [0.2, 0.25) is 11.8 Å². The molecular weight excluding hydrogens is 429 g/mol. The topological polar surface area (TPSA) is 102 Å². The van der Waals surface area contributed by atoms with E-state index in [2.05, 4.69) is 26.1 Å². The van der Waals surface area contributed by atoms with Crippen LogP contribution in [-0.4, -0.2) is 63.1 Å². The predicted octanol–water partition coefficient (Wildman–Crippen LogP) is 3.05. The Morgan fingerprint density at radius 2 is 2.03 bits per heavy atom. The van der Waals surface area contributed by atoms with E-state index in [9.17, 15) is 13.2 Å². The third-order valence-corrected chi connectivity index (χ3v) is 6.04. The molecule has 0 unspecified atom stereocenters. The number of hydrogen-bond acceptors (Lipinski definition) is 7. The lowest BCUT2D eigenvalue weighted by molar-refractivity contribution is -0.192. The third kappa shape index (κ3) is 5.83. The molecule has 1 saturated carbocycles. The van der Waals surface area contributed by atoms with Crippen molar-refractivity contribution in [1.82, 2.24) is 20.1 Å². The number of fused-ring (bicyclic) bond motifs is 1. The number of aliphatic carboxylic acids is 1. The van der Waals surface area contributed by atoms with Gasteiger partial charge in [0.25, 0.3) is 0 Å². The fourth-order valence-electron chi connectivity index (χ4n) is 4.28. The molecule has 2 aliphatic heterocycles. The largest absolute Gasteiger partial charge is 0.490 e. The van der Waals surface area contributed by atoms with Crippen molar-refractivity contribution >= 4 is 5.97 Å². The lowest BCUT2D eigenvalue weighted by Gasteiger charge is -2.35. The second kappa shape index (κ2) is 9.53. The third-order valence-electron chi connectivity index (χ3n) is 6.04. The minimum atomic E-state index is -5.08. The zero-order chi connectivity index (χ0) is 22.7. The minimum absolute atomic E-state index is 0.234. The quantitative estimate of drug-likeness (QED) is 0.736. The molecule has 32 heavy (non-hydrogen) atoms. The molecule has 2 aromatic rings. The highest BCUT2D eigenvalue weighted by Crippen LogP contribution is 2.40. The maximum Gasteiger partial charge on any atom is 0.490 e. The van der Waals surface area contributed by atoms with Crippen LogP contribution in [0.3, 0.4) is 0 Å². The highest BCUT2D eigenvalue weighted by Gasteiger charge is 2.41. The van der Waals surface area contributed by atoms with E-state index in [0.717, 1.165) is 44.4 Å². The molecule has 5 rings (SSSR count). The van der Waals surface area contributed by atoms with E-state index >= 15 is 0 Å². The van der Waals surface area contributed by atoms with Crippen LogP contribution < -0.4 is 0 Å². The van der Waals surface area contributed by atoms with E-state index in [1.807, 2.05) is 18.5 Å². The van der Waals surface area contributed by atoms with Crippen LogP contribution >= 0.6 is 0 Å². The van der Waals surface area contributed by atoms with Gasteiger partial charge in [0.1, 0.15) is 0 Å². The van der Waals surface area contributed by atoms with Gasteiger partial charge in [-0.25, -0.2) is 4.79 Å². The molecule has 8 nitrogen and oxygen atoms in total. The van der Waals surface area contributed by atoms with Crippen molar-refractivity contribution < 1.29 is 32.2 Å². The van der Waals surface area contributed by atoms with Crippen LogP contribution in [0.5, 0.6) is 0 Å². The fourth-order valence-corrected chi connectivity index (χ4v) is 4.28. The van der Waals surface area contributed by atoms with E-state index in [0.29, 0.717) is 17.8 Å². The van der Waals surface area contributed by atoms with Gasteiger partial charge in [-0.3, -0.25) is 9.88 Å². The normalized spacial score (nSPS) is 25.7. The molecule has 2 aromatic heterocycles. The molecule has 174 valence electrons.